The van der Waals surface area contributed by atoms with Crippen molar-refractivity contribution in [3.8, 4) is 0 Å². The molecule has 8 heteroatoms. The van der Waals surface area contributed by atoms with Crippen LogP contribution in [0.1, 0.15) is 25.7 Å². The summed E-state index contributed by atoms with van der Waals surface area (Å²) in [5, 5.41) is 5.85. The van der Waals surface area contributed by atoms with Crippen LogP contribution >= 0.6 is 0 Å². The van der Waals surface area contributed by atoms with E-state index in [2.05, 4.69) is 25.5 Å². The van der Waals surface area contributed by atoms with Gasteiger partial charge >= 0.3 is 6.03 Å². The molecule has 3 aliphatic rings. The molecule has 1 aromatic rings. The Morgan fingerprint density at radius 1 is 1.31 bits per heavy atom. The highest BCUT2D eigenvalue weighted by Gasteiger charge is 2.57. The first-order valence-electron chi connectivity index (χ1n) is 9.42. The molecule has 3 fully saturated rings. The van der Waals surface area contributed by atoms with Crippen molar-refractivity contribution >= 4 is 17.9 Å². The fourth-order valence-corrected chi connectivity index (χ4v) is 4.32. The molecule has 1 aliphatic carbocycles. The van der Waals surface area contributed by atoms with Crippen LogP contribution in [0.4, 0.5) is 10.7 Å². The van der Waals surface area contributed by atoms with Crippen LogP contribution in [0.15, 0.2) is 18.5 Å². The molecular formula is C18H26N6O2. The van der Waals surface area contributed by atoms with Crippen molar-refractivity contribution in [3.63, 3.8) is 0 Å². The molecule has 140 valence electrons. The number of nitrogens with zero attached hydrogens (tertiary/aromatic N) is 4. The molecule has 2 saturated heterocycles. The average molecular weight is 358 g/mol. The number of aromatic nitrogens is 2. The first kappa shape index (κ1) is 17.1. The highest BCUT2D eigenvalue weighted by molar-refractivity contribution is 5.87. The maximum Gasteiger partial charge on any atom is 0.317 e. The highest BCUT2D eigenvalue weighted by Crippen LogP contribution is 2.43. The molecule has 0 unspecified atom stereocenters. The van der Waals surface area contributed by atoms with Crippen molar-refractivity contribution in [2.75, 3.05) is 38.1 Å². The maximum absolute atomic E-state index is 13.2. The van der Waals surface area contributed by atoms with E-state index in [1.54, 1.807) is 30.4 Å². The van der Waals surface area contributed by atoms with E-state index in [0.29, 0.717) is 25.0 Å². The minimum absolute atomic E-state index is 0.0708. The minimum atomic E-state index is -0.598. The van der Waals surface area contributed by atoms with E-state index in [-0.39, 0.29) is 18.0 Å². The van der Waals surface area contributed by atoms with Gasteiger partial charge in [-0.05, 0) is 37.7 Å². The molecule has 1 aromatic heterocycles. The van der Waals surface area contributed by atoms with E-state index < -0.39 is 5.41 Å². The number of amides is 3. The molecule has 3 amide bonds. The van der Waals surface area contributed by atoms with Crippen LogP contribution in [0.3, 0.4) is 0 Å². The molecule has 1 saturated carbocycles. The summed E-state index contributed by atoms with van der Waals surface area (Å²) in [6, 6.07) is 1.55. The first-order valence-corrected chi connectivity index (χ1v) is 9.42. The number of urea groups is 1. The summed E-state index contributed by atoms with van der Waals surface area (Å²) in [5.41, 5.74) is -0.598. The molecule has 0 bridgehead atoms. The molecule has 2 atom stereocenters. The van der Waals surface area contributed by atoms with Crippen LogP contribution in [0.5, 0.6) is 0 Å². The Labute approximate surface area is 153 Å². The molecule has 3 heterocycles. The van der Waals surface area contributed by atoms with Gasteiger partial charge in [-0.15, -0.1) is 0 Å². The Morgan fingerprint density at radius 2 is 2.08 bits per heavy atom. The number of carbonyl (C=O) groups is 2. The molecule has 2 N–H and O–H groups in total. The smallest absolute Gasteiger partial charge is 0.317 e. The van der Waals surface area contributed by atoms with Crippen molar-refractivity contribution in [1.82, 2.24) is 25.5 Å². The van der Waals surface area contributed by atoms with Gasteiger partial charge in [0.1, 0.15) is 0 Å². The van der Waals surface area contributed by atoms with Crippen molar-refractivity contribution in [2.45, 2.75) is 31.7 Å². The summed E-state index contributed by atoms with van der Waals surface area (Å²) in [5.74, 6) is 1.33. The van der Waals surface area contributed by atoms with Gasteiger partial charge < -0.3 is 20.4 Å². The lowest BCUT2D eigenvalue weighted by atomic mass is 9.74. The highest BCUT2D eigenvalue weighted by atomic mass is 16.2. The summed E-state index contributed by atoms with van der Waals surface area (Å²) < 4.78 is 0. The summed E-state index contributed by atoms with van der Waals surface area (Å²) in [6.07, 6.45) is 7.50. The summed E-state index contributed by atoms with van der Waals surface area (Å²) >= 11 is 0. The van der Waals surface area contributed by atoms with Gasteiger partial charge in [0.05, 0.1) is 11.5 Å². The van der Waals surface area contributed by atoms with Gasteiger partial charge in [-0.2, -0.15) is 0 Å². The van der Waals surface area contributed by atoms with Crippen LogP contribution in [0.25, 0.3) is 0 Å². The van der Waals surface area contributed by atoms with E-state index in [9.17, 15) is 9.59 Å². The monoisotopic (exact) mass is 358 g/mol. The SMILES string of the molecule is CNC(=O)N1C[C@@H]2N(c3ncccn3)CCC[C@@]2(C(=O)NCC2CC2)C1. The summed E-state index contributed by atoms with van der Waals surface area (Å²) in [4.78, 5) is 38.2. The Hall–Kier alpha value is -2.38. The molecule has 8 nitrogen and oxygen atoms in total. The number of hydrogen-bond acceptors (Lipinski definition) is 5. The third-order valence-corrected chi connectivity index (χ3v) is 5.91. The zero-order chi connectivity index (χ0) is 18.1. The van der Waals surface area contributed by atoms with Gasteiger partial charge in [0, 0.05) is 45.6 Å². The van der Waals surface area contributed by atoms with Gasteiger partial charge in [-0.25, -0.2) is 14.8 Å². The largest absolute Gasteiger partial charge is 0.355 e. The lowest BCUT2D eigenvalue weighted by molar-refractivity contribution is -0.132. The predicted octanol–water partition coefficient (Wildman–Crippen LogP) is 0.613. The number of likely N-dealkylation sites (tertiary alicyclic amines) is 1. The normalized spacial score (nSPS) is 27.8. The maximum atomic E-state index is 13.2. The van der Waals surface area contributed by atoms with Crippen molar-refractivity contribution in [1.29, 1.82) is 0 Å². The van der Waals surface area contributed by atoms with Crippen LogP contribution in [0, 0.1) is 11.3 Å². The Balaban J connectivity index is 1.62. The van der Waals surface area contributed by atoms with E-state index in [4.69, 9.17) is 0 Å². The zero-order valence-electron chi connectivity index (χ0n) is 15.1. The van der Waals surface area contributed by atoms with Crippen molar-refractivity contribution in [2.24, 2.45) is 11.3 Å². The summed E-state index contributed by atoms with van der Waals surface area (Å²) in [7, 11) is 1.63. The van der Waals surface area contributed by atoms with E-state index in [0.717, 1.165) is 25.9 Å². The molecule has 2 aliphatic heterocycles. The molecular weight excluding hydrogens is 332 g/mol. The third kappa shape index (κ3) is 2.97. The minimum Gasteiger partial charge on any atom is -0.355 e. The topological polar surface area (TPSA) is 90.5 Å². The third-order valence-electron chi connectivity index (χ3n) is 5.91. The quantitative estimate of drug-likeness (QED) is 0.823. The number of rotatable bonds is 4. The molecule has 0 spiro atoms. The number of fused-ring (bicyclic) bond motifs is 1. The van der Waals surface area contributed by atoms with Crippen molar-refractivity contribution in [3.05, 3.63) is 18.5 Å². The Kier molecular flexibility index (Phi) is 4.42. The fourth-order valence-electron chi connectivity index (χ4n) is 4.32. The first-order chi connectivity index (χ1) is 12.6. The molecule has 0 aromatic carbocycles. The number of anilines is 1. The van der Waals surface area contributed by atoms with Crippen LogP contribution in [-0.4, -0.2) is 66.1 Å². The predicted molar refractivity (Wildman–Crippen MR) is 96.6 cm³/mol. The Bertz CT molecular complexity index is 680. The number of hydrogen-bond donors (Lipinski definition) is 2. The van der Waals surface area contributed by atoms with Crippen LogP contribution < -0.4 is 15.5 Å². The van der Waals surface area contributed by atoms with Gasteiger partial charge in [0.15, 0.2) is 0 Å². The van der Waals surface area contributed by atoms with Crippen molar-refractivity contribution < 1.29 is 9.59 Å². The second-order valence-electron chi connectivity index (χ2n) is 7.61. The lowest BCUT2D eigenvalue weighted by Gasteiger charge is -2.44. The molecule has 26 heavy (non-hydrogen) atoms. The molecule has 0 radical (unpaired) electrons. The van der Waals surface area contributed by atoms with Gasteiger partial charge in [-0.1, -0.05) is 0 Å². The zero-order valence-corrected chi connectivity index (χ0v) is 15.1. The van der Waals surface area contributed by atoms with Crippen LogP contribution in [0.2, 0.25) is 0 Å². The lowest BCUT2D eigenvalue weighted by Crippen LogP contribution is -2.59. The van der Waals surface area contributed by atoms with Gasteiger partial charge in [0.25, 0.3) is 0 Å². The Morgan fingerprint density at radius 3 is 2.77 bits per heavy atom. The summed E-state index contributed by atoms with van der Waals surface area (Å²) in [6.45, 7) is 2.50. The standard InChI is InChI=1S/C18H26N6O2/c1-19-17(26)23-11-14-18(12-23,15(25)22-10-13-4-5-13)6-2-9-24(14)16-20-7-3-8-21-16/h3,7-8,13-14H,2,4-6,9-12H2,1H3,(H,19,26)(H,22,25)/t14-,18+/m0/s1. The van der Waals surface area contributed by atoms with Gasteiger partial charge in [0.2, 0.25) is 11.9 Å². The van der Waals surface area contributed by atoms with E-state index in [1.165, 1.54) is 12.8 Å². The van der Waals surface area contributed by atoms with E-state index in [1.807, 2.05) is 0 Å². The van der Waals surface area contributed by atoms with E-state index >= 15 is 0 Å². The fraction of sp³-hybridized carbons (Fsp3) is 0.667. The number of nitrogens with one attached hydrogen (secondary N) is 2. The van der Waals surface area contributed by atoms with Gasteiger partial charge in [-0.3, -0.25) is 4.79 Å². The second kappa shape index (κ2) is 6.74. The number of carbonyl (C=O) groups excluding carboxylic acids is 2. The van der Waals surface area contributed by atoms with Crippen LogP contribution in [-0.2, 0) is 4.79 Å². The second-order valence-corrected chi connectivity index (χ2v) is 7.61. The molecule has 4 rings (SSSR count). The number of piperidine rings is 1. The average Bonchev–Trinajstić information content (AvgIpc) is 3.42.